The lowest BCUT2D eigenvalue weighted by atomic mass is 10.2. The van der Waals surface area contributed by atoms with Crippen LogP contribution >= 0.6 is 15.9 Å². The van der Waals surface area contributed by atoms with Gasteiger partial charge in [0.15, 0.2) is 0 Å². The van der Waals surface area contributed by atoms with E-state index >= 15 is 0 Å². The van der Waals surface area contributed by atoms with Crippen molar-refractivity contribution < 1.29 is 8.42 Å². The van der Waals surface area contributed by atoms with Crippen LogP contribution in [0.15, 0.2) is 27.6 Å². The molecule has 0 saturated heterocycles. The molecule has 2 rings (SSSR count). The summed E-state index contributed by atoms with van der Waals surface area (Å²) >= 11 is 3.41. The lowest BCUT2D eigenvalue weighted by molar-refractivity contribution is 0.417. The van der Waals surface area contributed by atoms with Crippen molar-refractivity contribution in [2.45, 2.75) is 44.2 Å². The van der Waals surface area contributed by atoms with Gasteiger partial charge >= 0.3 is 0 Å². The van der Waals surface area contributed by atoms with E-state index in [2.05, 4.69) is 21.2 Å². The SMILES string of the molecule is CC(C)CN(C)S(=O)(=O)c1ccc(CNC2CC2)cc1Br. The van der Waals surface area contributed by atoms with Crippen LogP contribution in [0.2, 0.25) is 0 Å². The maximum absolute atomic E-state index is 12.6. The van der Waals surface area contributed by atoms with Crippen molar-refractivity contribution in [3.8, 4) is 0 Å². The number of rotatable bonds is 7. The fraction of sp³-hybridized carbons (Fsp3) is 0.600. The van der Waals surface area contributed by atoms with Crippen LogP contribution in [-0.2, 0) is 16.6 Å². The van der Waals surface area contributed by atoms with Crippen LogP contribution in [0.4, 0.5) is 0 Å². The van der Waals surface area contributed by atoms with Crippen molar-refractivity contribution in [1.29, 1.82) is 0 Å². The summed E-state index contributed by atoms with van der Waals surface area (Å²) in [6.45, 7) is 5.31. The predicted octanol–water partition coefficient (Wildman–Crippen LogP) is 2.98. The second kappa shape index (κ2) is 6.77. The highest BCUT2D eigenvalue weighted by Gasteiger charge is 2.24. The Bertz CT molecular complexity index is 598. The Balaban J connectivity index is 2.14. The Labute approximate surface area is 136 Å². The van der Waals surface area contributed by atoms with Crippen LogP contribution < -0.4 is 5.32 Å². The molecule has 0 unspecified atom stereocenters. The standard InChI is InChI=1S/C15H23BrN2O2S/c1-11(2)10-18(3)21(19,20)15-7-4-12(8-14(15)16)9-17-13-5-6-13/h4,7-8,11,13,17H,5-6,9-10H2,1-3H3. The minimum atomic E-state index is -3.43. The molecule has 6 heteroatoms. The summed E-state index contributed by atoms with van der Waals surface area (Å²) < 4.78 is 27.2. The van der Waals surface area contributed by atoms with Crippen LogP contribution in [0.25, 0.3) is 0 Å². The van der Waals surface area contributed by atoms with Crippen molar-refractivity contribution >= 4 is 26.0 Å². The summed E-state index contributed by atoms with van der Waals surface area (Å²) in [5.74, 6) is 0.297. The number of nitrogens with zero attached hydrogens (tertiary/aromatic N) is 1. The molecule has 0 amide bonds. The van der Waals surface area contributed by atoms with Crippen molar-refractivity contribution in [1.82, 2.24) is 9.62 Å². The van der Waals surface area contributed by atoms with Gasteiger partial charge in [0.05, 0.1) is 4.90 Å². The van der Waals surface area contributed by atoms with Crippen LogP contribution in [0, 0.1) is 5.92 Å². The number of halogens is 1. The van der Waals surface area contributed by atoms with Crippen molar-refractivity contribution in [3.63, 3.8) is 0 Å². The third-order valence-corrected chi connectivity index (χ3v) is 6.28. The summed E-state index contributed by atoms with van der Waals surface area (Å²) in [5.41, 5.74) is 1.10. The van der Waals surface area contributed by atoms with Gasteiger partial charge in [0.1, 0.15) is 0 Å². The number of sulfonamides is 1. The number of nitrogens with one attached hydrogen (secondary N) is 1. The zero-order valence-electron chi connectivity index (χ0n) is 12.8. The normalized spacial score (nSPS) is 15.9. The molecule has 0 bridgehead atoms. The first-order chi connectivity index (χ1) is 9.80. The molecule has 118 valence electrons. The summed E-state index contributed by atoms with van der Waals surface area (Å²) in [6.07, 6.45) is 2.49. The average molecular weight is 375 g/mol. The molecule has 1 N–H and O–H groups in total. The minimum absolute atomic E-state index is 0.297. The van der Waals surface area contributed by atoms with E-state index in [1.165, 1.54) is 17.1 Å². The average Bonchev–Trinajstić information content (AvgIpc) is 3.19. The molecule has 0 atom stereocenters. The summed E-state index contributed by atoms with van der Waals surface area (Å²) in [4.78, 5) is 0.334. The molecule has 0 aromatic heterocycles. The van der Waals surface area contributed by atoms with E-state index in [1.807, 2.05) is 26.0 Å². The van der Waals surface area contributed by atoms with E-state index < -0.39 is 10.0 Å². The number of hydrogen-bond acceptors (Lipinski definition) is 3. The molecule has 0 radical (unpaired) electrons. The van der Waals surface area contributed by atoms with E-state index in [0.29, 0.717) is 27.9 Å². The van der Waals surface area contributed by atoms with Gasteiger partial charge in [0.25, 0.3) is 0 Å². The lowest BCUT2D eigenvalue weighted by Gasteiger charge is -2.20. The van der Waals surface area contributed by atoms with Crippen molar-refractivity contribution in [3.05, 3.63) is 28.2 Å². The smallest absolute Gasteiger partial charge is 0.243 e. The quantitative estimate of drug-likeness (QED) is 0.797. The summed E-state index contributed by atoms with van der Waals surface area (Å²) in [6, 6.07) is 6.12. The third-order valence-electron chi connectivity index (χ3n) is 3.48. The molecule has 4 nitrogen and oxygen atoms in total. The molecule has 21 heavy (non-hydrogen) atoms. The molecule has 1 fully saturated rings. The Kier molecular flexibility index (Phi) is 5.46. The summed E-state index contributed by atoms with van der Waals surface area (Å²) in [5, 5.41) is 3.43. The fourth-order valence-corrected chi connectivity index (χ4v) is 4.61. The van der Waals surface area contributed by atoms with Crippen LogP contribution in [0.1, 0.15) is 32.3 Å². The molecule has 1 aromatic carbocycles. The van der Waals surface area contributed by atoms with E-state index in [9.17, 15) is 8.42 Å². The molecule has 1 aliphatic carbocycles. The molecular weight excluding hydrogens is 352 g/mol. The highest BCUT2D eigenvalue weighted by molar-refractivity contribution is 9.10. The first-order valence-electron chi connectivity index (χ1n) is 7.29. The topological polar surface area (TPSA) is 49.4 Å². The van der Waals surface area contributed by atoms with Gasteiger partial charge in [-0.25, -0.2) is 12.7 Å². The largest absolute Gasteiger partial charge is 0.310 e. The minimum Gasteiger partial charge on any atom is -0.310 e. The van der Waals surface area contributed by atoms with Crippen LogP contribution in [-0.4, -0.2) is 32.4 Å². The monoisotopic (exact) mass is 374 g/mol. The molecule has 1 aromatic rings. The van der Waals surface area contributed by atoms with Gasteiger partial charge in [-0.3, -0.25) is 0 Å². The van der Waals surface area contributed by atoms with E-state index in [-0.39, 0.29) is 0 Å². The maximum Gasteiger partial charge on any atom is 0.243 e. The van der Waals surface area contributed by atoms with Crippen molar-refractivity contribution in [2.75, 3.05) is 13.6 Å². The zero-order chi connectivity index (χ0) is 15.6. The fourth-order valence-electron chi connectivity index (χ4n) is 2.19. The highest BCUT2D eigenvalue weighted by Crippen LogP contribution is 2.27. The molecule has 0 spiro atoms. The van der Waals surface area contributed by atoms with Crippen LogP contribution in [0.3, 0.4) is 0 Å². The Morgan fingerprint density at radius 1 is 1.38 bits per heavy atom. The number of hydrogen-bond donors (Lipinski definition) is 1. The predicted molar refractivity (Wildman–Crippen MR) is 88.7 cm³/mol. The Hall–Kier alpha value is -0.430. The molecule has 1 saturated carbocycles. The molecule has 0 aliphatic heterocycles. The van der Waals surface area contributed by atoms with Gasteiger partial charge < -0.3 is 5.32 Å². The van der Waals surface area contributed by atoms with E-state index in [0.717, 1.165) is 12.1 Å². The van der Waals surface area contributed by atoms with Gasteiger partial charge in [0.2, 0.25) is 10.0 Å². The Morgan fingerprint density at radius 2 is 2.05 bits per heavy atom. The molecule has 0 heterocycles. The van der Waals surface area contributed by atoms with E-state index in [1.54, 1.807) is 13.1 Å². The lowest BCUT2D eigenvalue weighted by Crippen LogP contribution is -2.30. The first kappa shape index (κ1) is 16.9. The van der Waals surface area contributed by atoms with Gasteiger partial charge in [-0.05, 0) is 52.4 Å². The first-order valence-corrected chi connectivity index (χ1v) is 9.52. The van der Waals surface area contributed by atoms with Gasteiger partial charge in [0, 0.05) is 30.7 Å². The number of benzene rings is 1. The highest BCUT2D eigenvalue weighted by atomic mass is 79.9. The van der Waals surface area contributed by atoms with Gasteiger partial charge in [-0.2, -0.15) is 0 Å². The zero-order valence-corrected chi connectivity index (χ0v) is 15.2. The molecular formula is C15H23BrN2O2S. The maximum atomic E-state index is 12.6. The third kappa shape index (κ3) is 4.52. The van der Waals surface area contributed by atoms with Gasteiger partial charge in [-0.15, -0.1) is 0 Å². The van der Waals surface area contributed by atoms with Crippen LogP contribution in [0.5, 0.6) is 0 Å². The summed E-state index contributed by atoms with van der Waals surface area (Å²) in [7, 11) is -1.81. The van der Waals surface area contributed by atoms with E-state index in [4.69, 9.17) is 0 Å². The molecule has 1 aliphatic rings. The van der Waals surface area contributed by atoms with Crippen molar-refractivity contribution in [2.24, 2.45) is 5.92 Å². The second-order valence-electron chi connectivity index (χ2n) is 6.10. The second-order valence-corrected chi connectivity index (χ2v) is 8.97. The van der Waals surface area contributed by atoms with Gasteiger partial charge in [-0.1, -0.05) is 19.9 Å². The Morgan fingerprint density at radius 3 is 2.57 bits per heavy atom.